The molecule has 34 heavy (non-hydrogen) atoms. The van der Waals surface area contributed by atoms with E-state index in [-0.39, 0.29) is 22.5 Å². The van der Waals surface area contributed by atoms with Gasteiger partial charge in [-0.05, 0) is 57.6 Å². The molecule has 0 aliphatic rings. The summed E-state index contributed by atoms with van der Waals surface area (Å²) in [5.74, 6) is 0. The molecule has 0 aromatic heterocycles. The second kappa shape index (κ2) is 8.44. The van der Waals surface area contributed by atoms with Gasteiger partial charge in [0.05, 0.1) is 11.1 Å². The van der Waals surface area contributed by atoms with Crippen LogP contribution in [0.4, 0.5) is 37.7 Å². The summed E-state index contributed by atoms with van der Waals surface area (Å²) >= 11 is 0. The molecular weight excluding hydrogens is 454 g/mol. The van der Waals surface area contributed by atoms with Crippen LogP contribution in [0.25, 0.3) is 33.4 Å². The highest BCUT2D eigenvalue weighted by Crippen LogP contribution is 2.40. The third kappa shape index (κ3) is 4.71. The van der Waals surface area contributed by atoms with Gasteiger partial charge in [0.15, 0.2) is 0 Å². The van der Waals surface area contributed by atoms with Crippen molar-refractivity contribution in [1.29, 1.82) is 0 Å². The molecule has 4 aromatic rings. The van der Waals surface area contributed by atoms with Crippen molar-refractivity contribution in [2.75, 3.05) is 11.5 Å². The zero-order chi connectivity index (χ0) is 24.7. The molecule has 0 bridgehead atoms. The fraction of sp³-hybridized carbons (Fsp3) is 0.0769. The number of anilines is 2. The SMILES string of the molecule is Nc1ccc(-c2ccc(-c3ccc(-c4ccc(N)cc4C(F)(F)F)cc3)cc2)c(C(F)(F)F)c1. The number of nitrogen functional groups attached to an aromatic ring is 2. The Labute approximate surface area is 191 Å². The van der Waals surface area contributed by atoms with Gasteiger partial charge in [-0.1, -0.05) is 60.7 Å². The molecule has 0 radical (unpaired) electrons. The number of nitrogens with two attached hydrogens (primary N) is 2. The summed E-state index contributed by atoms with van der Waals surface area (Å²) in [5.41, 5.74) is 11.6. The Balaban J connectivity index is 1.66. The second-order valence-corrected chi connectivity index (χ2v) is 7.76. The third-order valence-corrected chi connectivity index (χ3v) is 5.42. The monoisotopic (exact) mass is 472 g/mol. The van der Waals surface area contributed by atoms with Crippen LogP contribution in [-0.2, 0) is 12.4 Å². The van der Waals surface area contributed by atoms with E-state index >= 15 is 0 Å². The van der Waals surface area contributed by atoms with Crippen LogP contribution in [-0.4, -0.2) is 0 Å². The maximum Gasteiger partial charge on any atom is 0.417 e. The van der Waals surface area contributed by atoms with Gasteiger partial charge in [0.25, 0.3) is 0 Å². The van der Waals surface area contributed by atoms with Crippen molar-refractivity contribution in [2.45, 2.75) is 12.4 Å². The molecule has 0 amide bonds. The molecule has 4 rings (SSSR count). The third-order valence-electron chi connectivity index (χ3n) is 5.42. The van der Waals surface area contributed by atoms with Crippen LogP contribution < -0.4 is 11.5 Å². The predicted molar refractivity (Wildman–Crippen MR) is 122 cm³/mol. The number of benzene rings is 4. The summed E-state index contributed by atoms with van der Waals surface area (Å²) in [6.45, 7) is 0. The number of hydrogen-bond acceptors (Lipinski definition) is 2. The molecule has 0 saturated heterocycles. The largest absolute Gasteiger partial charge is 0.417 e. The molecule has 0 aliphatic carbocycles. The van der Waals surface area contributed by atoms with Crippen LogP contribution in [0, 0.1) is 0 Å². The van der Waals surface area contributed by atoms with Crippen molar-refractivity contribution in [3.05, 3.63) is 96.1 Å². The minimum absolute atomic E-state index is 0.00614. The van der Waals surface area contributed by atoms with E-state index in [1.807, 2.05) is 0 Å². The zero-order valence-electron chi connectivity index (χ0n) is 17.5. The quantitative estimate of drug-likeness (QED) is 0.235. The Morgan fingerprint density at radius 1 is 0.412 bits per heavy atom. The lowest BCUT2D eigenvalue weighted by Crippen LogP contribution is -2.08. The molecule has 2 nitrogen and oxygen atoms in total. The number of halogens is 6. The van der Waals surface area contributed by atoms with E-state index in [0.717, 1.165) is 12.1 Å². The number of alkyl halides is 6. The van der Waals surface area contributed by atoms with E-state index in [2.05, 4.69) is 0 Å². The van der Waals surface area contributed by atoms with E-state index in [1.54, 1.807) is 48.5 Å². The van der Waals surface area contributed by atoms with Crippen LogP contribution >= 0.6 is 0 Å². The summed E-state index contributed by atoms with van der Waals surface area (Å²) in [6.07, 6.45) is -9.12. The average Bonchev–Trinajstić information content (AvgIpc) is 2.78. The molecule has 4 N–H and O–H groups in total. The van der Waals surface area contributed by atoms with Crippen molar-refractivity contribution in [3.8, 4) is 33.4 Å². The van der Waals surface area contributed by atoms with Gasteiger partial charge in [0.1, 0.15) is 0 Å². The molecule has 0 heterocycles. The summed E-state index contributed by atoms with van der Waals surface area (Å²) in [4.78, 5) is 0. The predicted octanol–water partition coefficient (Wildman–Crippen LogP) is 7.89. The first kappa shape index (κ1) is 23.2. The smallest absolute Gasteiger partial charge is 0.399 e. The summed E-state index contributed by atoms with van der Waals surface area (Å²) in [6, 6.07) is 20.1. The highest BCUT2D eigenvalue weighted by Gasteiger charge is 2.34. The van der Waals surface area contributed by atoms with E-state index in [1.165, 1.54) is 24.3 Å². The Kier molecular flexibility index (Phi) is 5.77. The van der Waals surface area contributed by atoms with Gasteiger partial charge in [0.2, 0.25) is 0 Å². The van der Waals surface area contributed by atoms with Gasteiger partial charge in [-0.2, -0.15) is 26.3 Å². The fourth-order valence-electron chi connectivity index (χ4n) is 3.78. The Hall–Kier alpha value is -3.94. The zero-order valence-corrected chi connectivity index (χ0v) is 17.5. The highest BCUT2D eigenvalue weighted by molar-refractivity contribution is 5.76. The van der Waals surface area contributed by atoms with E-state index in [4.69, 9.17) is 11.5 Å². The fourth-order valence-corrected chi connectivity index (χ4v) is 3.78. The molecule has 0 spiro atoms. The molecule has 0 unspecified atom stereocenters. The van der Waals surface area contributed by atoms with E-state index in [0.29, 0.717) is 22.3 Å². The molecule has 0 saturated carbocycles. The number of rotatable bonds is 3. The highest BCUT2D eigenvalue weighted by atomic mass is 19.4. The molecule has 0 fully saturated rings. The van der Waals surface area contributed by atoms with Crippen molar-refractivity contribution in [3.63, 3.8) is 0 Å². The van der Waals surface area contributed by atoms with Crippen molar-refractivity contribution < 1.29 is 26.3 Å². The van der Waals surface area contributed by atoms with Crippen LogP contribution in [0.1, 0.15) is 11.1 Å². The lowest BCUT2D eigenvalue weighted by atomic mass is 9.94. The van der Waals surface area contributed by atoms with Crippen LogP contribution in [0.15, 0.2) is 84.9 Å². The van der Waals surface area contributed by atoms with Crippen LogP contribution in [0.2, 0.25) is 0 Å². The Bertz CT molecular complexity index is 1220. The van der Waals surface area contributed by atoms with Gasteiger partial charge >= 0.3 is 12.4 Å². The molecule has 4 aromatic carbocycles. The minimum atomic E-state index is -4.56. The number of hydrogen-bond donors (Lipinski definition) is 2. The van der Waals surface area contributed by atoms with E-state index < -0.39 is 23.5 Å². The molecule has 174 valence electrons. The molecular formula is C26H18F6N2. The van der Waals surface area contributed by atoms with E-state index in [9.17, 15) is 26.3 Å². The van der Waals surface area contributed by atoms with Gasteiger partial charge in [-0.3, -0.25) is 0 Å². The van der Waals surface area contributed by atoms with Crippen LogP contribution in [0.5, 0.6) is 0 Å². The first-order valence-corrected chi connectivity index (χ1v) is 10.1. The molecule has 0 atom stereocenters. The van der Waals surface area contributed by atoms with Crippen LogP contribution in [0.3, 0.4) is 0 Å². The second-order valence-electron chi connectivity index (χ2n) is 7.76. The van der Waals surface area contributed by atoms with Gasteiger partial charge in [-0.15, -0.1) is 0 Å². The van der Waals surface area contributed by atoms with Gasteiger partial charge in [0, 0.05) is 11.4 Å². The average molecular weight is 472 g/mol. The Morgan fingerprint density at radius 2 is 0.706 bits per heavy atom. The summed E-state index contributed by atoms with van der Waals surface area (Å²) in [7, 11) is 0. The van der Waals surface area contributed by atoms with Crippen molar-refractivity contribution in [2.24, 2.45) is 0 Å². The topological polar surface area (TPSA) is 52.0 Å². The minimum Gasteiger partial charge on any atom is -0.399 e. The van der Waals surface area contributed by atoms with Crippen molar-refractivity contribution >= 4 is 11.4 Å². The lowest BCUT2D eigenvalue weighted by Gasteiger charge is -2.15. The molecule has 8 heteroatoms. The van der Waals surface area contributed by atoms with Gasteiger partial charge in [-0.25, -0.2) is 0 Å². The summed E-state index contributed by atoms with van der Waals surface area (Å²) < 4.78 is 80.6. The lowest BCUT2D eigenvalue weighted by molar-refractivity contribution is -0.137. The first-order valence-electron chi connectivity index (χ1n) is 10.1. The normalized spacial score (nSPS) is 12.1. The standard InChI is InChI=1S/C26H18F6N2/c27-25(28,29)23-13-19(33)9-11-21(23)17-5-1-15(2-6-17)16-3-7-18(8-4-16)22-12-10-20(34)14-24(22)26(30,31)32/h1-14H,33-34H2. The first-order chi connectivity index (χ1) is 15.9. The van der Waals surface area contributed by atoms with Gasteiger partial charge < -0.3 is 11.5 Å². The maximum absolute atomic E-state index is 13.4. The summed E-state index contributed by atoms with van der Waals surface area (Å²) in [5, 5.41) is 0. The maximum atomic E-state index is 13.4. The van der Waals surface area contributed by atoms with Crippen molar-refractivity contribution in [1.82, 2.24) is 0 Å². The Morgan fingerprint density at radius 3 is 1.00 bits per heavy atom. The molecule has 0 aliphatic heterocycles.